The fourth-order valence-electron chi connectivity index (χ4n) is 5.24. The number of para-hydroxylation sites is 2. The molecule has 0 fully saturated rings. The van der Waals surface area contributed by atoms with Crippen LogP contribution in [0.15, 0.2) is 133 Å². The molecule has 0 aliphatic rings. The molecule has 202 valence electrons. The van der Waals surface area contributed by atoms with Crippen molar-refractivity contribution in [3.05, 3.63) is 150 Å². The number of carbonyl (C=O) groups is 2. The van der Waals surface area contributed by atoms with Gasteiger partial charge in [0.15, 0.2) is 24.1 Å². The third-order valence-electron chi connectivity index (χ3n) is 7.48. The van der Waals surface area contributed by atoms with Gasteiger partial charge in [-0.05, 0) is 34.4 Å². The molecule has 0 aliphatic heterocycles. The highest BCUT2D eigenvalue weighted by molar-refractivity contribution is 8.93. The SMILES string of the molecule is Br.Cc1n(CC(=O)c2ccc(-c3ccccc3)cc2)c2ccccc2[n+]1CC(=O)c1ccc(-c2ccccc2)cc1. The molecule has 1 heterocycles. The van der Waals surface area contributed by atoms with Gasteiger partial charge in [-0.2, -0.15) is 0 Å². The third-order valence-corrected chi connectivity index (χ3v) is 7.48. The van der Waals surface area contributed by atoms with Gasteiger partial charge >= 0.3 is 0 Å². The number of hydrogen-bond acceptors (Lipinski definition) is 2. The number of fused-ring (bicyclic) bond motifs is 1. The Morgan fingerprint density at radius 2 is 1.00 bits per heavy atom. The zero-order valence-corrected chi connectivity index (χ0v) is 24.4. The van der Waals surface area contributed by atoms with Crippen LogP contribution < -0.4 is 4.57 Å². The molecular weight excluding hydrogens is 572 g/mol. The molecular formula is C36H30BrN2O2+. The lowest BCUT2D eigenvalue weighted by Crippen LogP contribution is -2.40. The van der Waals surface area contributed by atoms with Gasteiger partial charge in [0.2, 0.25) is 11.6 Å². The molecule has 0 aliphatic carbocycles. The number of Topliss-reactive ketones (excluding diaryl/α,β-unsaturated/α-hetero) is 2. The van der Waals surface area contributed by atoms with Crippen LogP contribution in [0.3, 0.4) is 0 Å². The van der Waals surface area contributed by atoms with Crippen molar-refractivity contribution in [2.75, 3.05) is 0 Å². The van der Waals surface area contributed by atoms with Crippen molar-refractivity contribution < 1.29 is 14.2 Å². The van der Waals surface area contributed by atoms with Crippen LogP contribution in [0.4, 0.5) is 0 Å². The molecule has 6 rings (SSSR count). The second-order valence-electron chi connectivity index (χ2n) is 9.94. The Labute approximate surface area is 250 Å². The minimum Gasteiger partial charge on any atom is -0.290 e. The number of rotatable bonds is 8. The van der Waals surface area contributed by atoms with Gasteiger partial charge in [0.1, 0.15) is 0 Å². The first-order valence-electron chi connectivity index (χ1n) is 13.4. The van der Waals surface area contributed by atoms with E-state index in [0.717, 1.165) is 39.1 Å². The van der Waals surface area contributed by atoms with Crippen molar-refractivity contribution in [1.29, 1.82) is 0 Å². The smallest absolute Gasteiger partial charge is 0.255 e. The second kappa shape index (κ2) is 12.3. The highest BCUT2D eigenvalue weighted by Gasteiger charge is 2.25. The van der Waals surface area contributed by atoms with Gasteiger partial charge in [-0.15, -0.1) is 17.0 Å². The number of benzene rings is 5. The number of ketones is 2. The maximum absolute atomic E-state index is 13.4. The first kappa shape index (κ1) is 27.9. The third kappa shape index (κ3) is 5.81. The maximum Gasteiger partial charge on any atom is 0.255 e. The van der Waals surface area contributed by atoms with Crippen molar-refractivity contribution in [3.8, 4) is 22.3 Å². The number of halogens is 1. The molecule has 0 bridgehead atoms. The van der Waals surface area contributed by atoms with E-state index in [2.05, 4.69) is 24.3 Å². The lowest BCUT2D eigenvalue weighted by molar-refractivity contribution is -0.664. The summed E-state index contributed by atoms with van der Waals surface area (Å²) in [4.78, 5) is 26.7. The average molecular weight is 603 g/mol. The molecule has 0 N–H and O–H groups in total. The first-order chi connectivity index (χ1) is 19.6. The minimum atomic E-state index is 0. The summed E-state index contributed by atoms with van der Waals surface area (Å²) in [6, 6.07) is 43.7. The maximum atomic E-state index is 13.4. The van der Waals surface area contributed by atoms with Crippen molar-refractivity contribution in [2.45, 2.75) is 20.0 Å². The van der Waals surface area contributed by atoms with Gasteiger partial charge in [-0.3, -0.25) is 9.59 Å². The molecule has 0 saturated heterocycles. The first-order valence-corrected chi connectivity index (χ1v) is 13.4. The Bertz CT molecular complexity index is 1670. The van der Waals surface area contributed by atoms with E-state index in [4.69, 9.17) is 0 Å². The fourth-order valence-corrected chi connectivity index (χ4v) is 5.24. The van der Waals surface area contributed by atoms with Crippen LogP contribution in [0.25, 0.3) is 33.3 Å². The van der Waals surface area contributed by atoms with E-state index in [9.17, 15) is 9.59 Å². The largest absolute Gasteiger partial charge is 0.290 e. The molecule has 0 amide bonds. The lowest BCUT2D eigenvalue weighted by atomic mass is 10.0. The molecule has 6 aromatic rings. The van der Waals surface area contributed by atoms with Crippen LogP contribution in [-0.2, 0) is 13.1 Å². The Hall–Kier alpha value is -4.61. The van der Waals surface area contributed by atoms with Crippen LogP contribution in [0.2, 0.25) is 0 Å². The van der Waals surface area contributed by atoms with Gasteiger partial charge in [0, 0.05) is 18.1 Å². The predicted molar refractivity (Wildman–Crippen MR) is 170 cm³/mol. The van der Waals surface area contributed by atoms with Gasteiger partial charge in [0.05, 0.1) is 0 Å². The highest BCUT2D eigenvalue weighted by atomic mass is 79.9. The summed E-state index contributed by atoms with van der Waals surface area (Å²) < 4.78 is 4.02. The van der Waals surface area contributed by atoms with Crippen molar-refractivity contribution in [1.82, 2.24) is 4.57 Å². The molecule has 4 nitrogen and oxygen atoms in total. The Kier molecular flexibility index (Phi) is 8.37. The summed E-state index contributed by atoms with van der Waals surface area (Å²) in [7, 11) is 0. The molecule has 0 spiro atoms. The molecule has 0 saturated carbocycles. The number of aromatic nitrogens is 2. The quantitative estimate of drug-likeness (QED) is 0.131. The zero-order valence-electron chi connectivity index (χ0n) is 22.7. The molecule has 1 aromatic heterocycles. The Morgan fingerprint density at radius 3 is 1.54 bits per heavy atom. The monoisotopic (exact) mass is 601 g/mol. The van der Waals surface area contributed by atoms with Crippen LogP contribution in [-0.4, -0.2) is 16.1 Å². The molecule has 0 atom stereocenters. The number of hydrogen-bond donors (Lipinski definition) is 0. The van der Waals surface area contributed by atoms with Crippen LogP contribution in [0, 0.1) is 6.92 Å². The number of carbonyl (C=O) groups excluding carboxylic acids is 2. The molecule has 5 aromatic carbocycles. The number of nitrogens with zero attached hydrogens (tertiary/aromatic N) is 2. The molecule has 5 heteroatoms. The van der Waals surface area contributed by atoms with E-state index in [1.807, 2.05) is 125 Å². The normalized spacial score (nSPS) is 10.8. The second-order valence-corrected chi connectivity index (χ2v) is 9.94. The summed E-state index contributed by atoms with van der Waals surface area (Å²) in [6.07, 6.45) is 0. The van der Waals surface area contributed by atoms with Crippen molar-refractivity contribution in [2.24, 2.45) is 0 Å². The summed E-state index contributed by atoms with van der Waals surface area (Å²) >= 11 is 0. The Morgan fingerprint density at radius 1 is 0.561 bits per heavy atom. The standard InChI is InChI=1S/C36H29N2O2.BrH/c1-26-37(24-35(39)31-20-16-29(17-21-31)27-10-4-2-5-11-27)33-14-8-9-15-34(33)38(26)25-36(40)32-22-18-30(19-23-32)28-12-6-3-7-13-28;/h2-23H,24-25H2,1H3;1H/q+1;. The van der Waals surface area contributed by atoms with E-state index in [0.29, 0.717) is 11.1 Å². The van der Waals surface area contributed by atoms with E-state index >= 15 is 0 Å². The van der Waals surface area contributed by atoms with Gasteiger partial charge in [-0.1, -0.05) is 121 Å². The van der Waals surface area contributed by atoms with E-state index < -0.39 is 0 Å². The van der Waals surface area contributed by atoms with Crippen molar-refractivity contribution in [3.63, 3.8) is 0 Å². The summed E-state index contributed by atoms with van der Waals surface area (Å²) in [5.74, 6) is 0.918. The van der Waals surface area contributed by atoms with Crippen LogP contribution in [0.1, 0.15) is 26.5 Å². The summed E-state index contributed by atoms with van der Waals surface area (Å²) in [5.41, 5.74) is 7.59. The van der Waals surface area contributed by atoms with Gasteiger partial charge < -0.3 is 0 Å². The molecule has 0 unspecified atom stereocenters. The van der Waals surface area contributed by atoms with Crippen LogP contribution >= 0.6 is 17.0 Å². The number of imidazole rings is 1. The van der Waals surface area contributed by atoms with E-state index in [1.165, 1.54) is 0 Å². The van der Waals surface area contributed by atoms with E-state index in [-0.39, 0.29) is 41.6 Å². The predicted octanol–water partition coefficient (Wildman–Crippen LogP) is 7.91. The highest BCUT2D eigenvalue weighted by Crippen LogP contribution is 2.22. The Balaban J connectivity index is 0.00000337. The van der Waals surface area contributed by atoms with E-state index in [1.54, 1.807) is 0 Å². The van der Waals surface area contributed by atoms with Crippen LogP contribution in [0.5, 0.6) is 0 Å². The fraction of sp³-hybridized carbons (Fsp3) is 0.0833. The van der Waals surface area contributed by atoms with Gasteiger partial charge in [0.25, 0.3) is 5.82 Å². The van der Waals surface area contributed by atoms with Gasteiger partial charge in [-0.25, -0.2) is 9.13 Å². The lowest BCUT2D eigenvalue weighted by Gasteiger charge is -2.05. The average Bonchev–Trinajstić information content (AvgIpc) is 3.28. The molecule has 41 heavy (non-hydrogen) atoms. The summed E-state index contributed by atoms with van der Waals surface area (Å²) in [6.45, 7) is 2.37. The zero-order chi connectivity index (χ0) is 27.5. The van der Waals surface area contributed by atoms with Crippen molar-refractivity contribution >= 4 is 39.6 Å². The summed E-state index contributed by atoms with van der Waals surface area (Å²) in [5, 5.41) is 0. The minimum absolute atomic E-state index is 0. The molecule has 0 radical (unpaired) electrons. The topological polar surface area (TPSA) is 43.0 Å².